The molecule has 0 fully saturated rings. The molecular weight excluding hydrogens is 416 g/mol. The van der Waals surface area contributed by atoms with E-state index in [4.69, 9.17) is 44.6 Å². The average molecular weight is 419 g/mol. The zero-order valence-corrected chi connectivity index (χ0v) is 12.5. The highest BCUT2D eigenvalue weighted by Gasteiger charge is 2.24. The van der Waals surface area contributed by atoms with Gasteiger partial charge in [-0.25, -0.2) is 4.57 Å². The molecule has 2 N–H and O–H groups in total. The van der Waals surface area contributed by atoms with E-state index in [2.05, 4.69) is 4.52 Å². The summed E-state index contributed by atoms with van der Waals surface area (Å²) in [4.78, 5) is 17.3. The minimum absolute atomic E-state index is 0.0133. The standard InChI is InChI=1S/C6H3Cl3IO5P/c7-2-1-3(8)5(10-11)6(4(2)9)15-16(12,13)14/h1H,(H2,12,13,14). The van der Waals surface area contributed by atoms with Gasteiger partial charge < -0.3 is 4.52 Å². The zero-order valence-electron chi connectivity index (χ0n) is 7.16. The molecule has 0 spiro atoms. The smallest absolute Gasteiger partial charge is 0.401 e. The van der Waals surface area contributed by atoms with E-state index in [1.54, 1.807) is 0 Å². The van der Waals surface area contributed by atoms with Crippen LogP contribution < -0.4 is 4.52 Å². The molecule has 0 aromatic heterocycles. The maximum atomic E-state index is 10.9. The van der Waals surface area contributed by atoms with Gasteiger partial charge in [0.15, 0.2) is 26.9 Å². The lowest BCUT2D eigenvalue weighted by molar-refractivity contribution is 0.282. The number of rotatable bonds is 3. The topological polar surface area (TPSA) is 83.8 Å². The van der Waals surface area contributed by atoms with Crippen LogP contribution in [0.1, 0.15) is 0 Å². The second-order valence-electron chi connectivity index (χ2n) is 2.46. The van der Waals surface area contributed by atoms with Crippen molar-refractivity contribution in [1.29, 1.82) is 0 Å². The number of phosphoric acid groups is 1. The van der Waals surface area contributed by atoms with Gasteiger partial charge in [0, 0.05) is 0 Å². The van der Waals surface area contributed by atoms with Crippen LogP contribution >= 0.6 is 63.8 Å². The molecule has 0 heterocycles. The zero-order chi connectivity index (χ0) is 12.5. The highest BCUT2D eigenvalue weighted by Crippen LogP contribution is 2.48. The summed E-state index contributed by atoms with van der Waals surface area (Å²) in [5.74, 6) is -0.435. The van der Waals surface area contributed by atoms with Gasteiger partial charge in [0.2, 0.25) is 0 Å². The number of halogens is 4. The molecule has 0 amide bonds. The van der Waals surface area contributed by atoms with Gasteiger partial charge in [-0.1, -0.05) is 34.8 Å². The second kappa shape index (κ2) is 5.48. The Morgan fingerprint density at radius 2 is 1.81 bits per heavy atom. The van der Waals surface area contributed by atoms with Crippen LogP contribution in [0.5, 0.6) is 5.75 Å². The fourth-order valence-corrected chi connectivity index (χ4v) is 3.40. The van der Waals surface area contributed by atoms with Crippen molar-refractivity contribution in [3.05, 3.63) is 24.7 Å². The van der Waals surface area contributed by atoms with Crippen LogP contribution in [0.25, 0.3) is 0 Å². The summed E-state index contributed by atoms with van der Waals surface area (Å²) in [6, 6.07) is 1.23. The minimum atomic E-state index is -4.82. The van der Waals surface area contributed by atoms with E-state index >= 15 is 0 Å². The molecule has 0 bridgehead atoms. The molecule has 0 unspecified atom stereocenters. The summed E-state index contributed by atoms with van der Waals surface area (Å²) in [7, 11) is -4.82. The van der Waals surface area contributed by atoms with E-state index in [0.717, 1.165) is 0 Å². The van der Waals surface area contributed by atoms with E-state index in [9.17, 15) is 7.63 Å². The first-order valence-corrected chi connectivity index (χ1v) is 8.08. The SMILES string of the molecule is O=Ic1c(Cl)cc(Cl)c(Cl)c1OP(=O)(O)O. The minimum Gasteiger partial charge on any atom is -0.401 e. The normalized spacial score (nSPS) is 11.6. The van der Waals surface area contributed by atoms with Gasteiger partial charge in [-0.2, -0.15) is 0 Å². The Hall–Kier alpha value is 0.570. The van der Waals surface area contributed by atoms with Gasteiger partial charge in [-0.3, -0.25) is 12.9 Å². The van der Waals surface area contributed by atoms with Crippen LogP contribution in [0.15, 0.2) is 6.07 Å². The van der Waals surface area contributed by atoms with Crippen molar-refractivity contribution in [2.75, 3.05) is 0 Å². The Morgan fingerprint density at radius 1 is 1.25 bits per heavy atom. The predicted octanol–water partition coefficient (Wildman–Crippen LogP) is 3.60. The Labute approximate surface area is 116 Å². The molecule has 0 saturated heterocycles. The Balaban J connectivity index is 3.45. The van der Waals surface area contributed by atoms with E-state index in [1.165, 1.54) is 6.07 Å². The van der Waals surface area contributed by atoms with Crippen LogP contribution in [0, 0.1) is 3.57 Å². The third-order valence-corrected chi connectivity index (χ3v) is 4.68. The molecule has 90 valence electrons. The van der Waals surface area contributed by atoms with E-state index in [1.807, 2.05) is 0 Å². The summed E-state index contributed by atoms with van der Waals surface area (Å²) in [6.07, 6.45) is 0. The fourth-order valence-electron chi connectivity index (χ4n) is 0.822. The van der Waals surface area contributed by atoms with E-state index in [0.29, 0.717) is 0 Å². The molecular formula is C6H3Cl3IO5P. The third-order valence-electron chi connectivity index (χ3n) is 1.36. The summed E-state index contributed by atoms with van der Waals surface area (Å²) < 4.78 is 25.9. The summed E-state index contributed by atoms with van der Waals surface area (Å²) in [5, 5.41) is -0.295. The van der Waals surface area contributed by atoms with Crippen molar-refractivity contribution in [3.8, 4) is 5.75 Å². The van der Waals surface area contributed by atoms with Gasteiger partial charge in [-0.05, 0) is 6.07 Å². The van der Waals surface area contributed by atoms with Crippen molar-refractivity contribution in [2.45, 2.75) is 0 Å². The molecule has 0 aliphatic rings. The monoisotopic (exact) mass is 418 g/mol. The second-order valence-corrected chi connectivity index (χ2v) is 6.33. The first-order chi connectivity index (χ1) is 7.26. The highest BCUT2D eigenvalue weighted by molar-refractivity contribution is 14.1. The summed E-state index contributed by atoms with van der Waals surface area (Å²) >= 11 is 15.2. The number of phosphoric ester groups is 1. The number of benzene rings is 1. The average Bonchev–Trinajstić information content (AvgIpc) is 2.12. The maximum absolute atomic E-state index is 10.9. The molecule has 10 heteroatoms. The summed E-state index contributed by atoms with van der Waals surface area (Å²) in [6.45, 7) is 0. The molecule has 0 aliphatic heterocycles. The van der Waals surface area contributed by atoms with E-state index < -0.39 is 34.8 Å². The Bertz CT molecular complexity index is 488. The van der Waals surface area contributed by atoms with Crippen LogP contribution in [0.4, 0.5) is 0 Å². The largest absolute Gasteiger partial charge is 0.524 e. The molecule has 1 aromatic rings. The third kappa shape index (κ3) is 3.53. The fraction of sp³-hybridized carbons (Fsp3) is 0. The summed E-state index contributed by atoms with van der Waals surface area (Å²) in [5.41, 5.74) is 0. The van der Waals surface area contributed by atoms with E-state index in [-0.39, 0.29) is 18.6 Å². The molecule has 0 aliphatic carbocycles. The first kappa shape index (κ1) is 14.6. The molecule has 5 nitrogen and oxygen atoms in total. The first-order valence-electron chi connectivity index (χ1n) is 3.46. The molecule has 0 saturated carbocycles. The van der Waals surface area contributed by atoms with Crippen LogP contribution in [-0.2, 0) is 7.63 Å². The van der Waals surface area contributed by atoms with Gasteiger partial charge in [0.25, 0.3) is 0 Å². The lowest BCUT2D eigenvalue weighted by atomic mass is 10.3. The molecule has 0 atom stereocenters. The lowest BCUT2D eigenvalue weighted by Gasteiger charge is -2.11. The Morgan fingerprint density at radius 3 is 2.25 bits per heavy atom. The molecule has 0 radical (unpaired) electrons. The quantitative estimate of drug-likeness (QED) is 0.444. The van der Waals surface area contributed by atoms with Gasteiger partial charge in [0.1, 0.15) is 8.59 Å². The van der Waals surface area contributed by atoms with Crippen molar-refractivity contribution < 1.29 is 21.9 Å². The number of hydrogen-bond acceptors (Lipinski definition) is 3. The molecule has 1 aromatic carbocycles. The van der Waals surface area contributed by atoms with Crippen LogP contribution in [-0.4, -0.2) is 9.79 Å². The van der Waals surface area contributed by atoms with Gasteiger partial charge in [-0.15, -0.1) is 0 Å². The highest BCUT2D eigenvalue weighted by atomic mass is 127. The van der Waals surface area contributed by atoms with Crippen molar-refractivity contribution in [1.82, 2.24) is 0 Å². The maximum Gasteiger partial charge on any atom is 0.524 e. The van der Waals surface area contributed by atoms with Crippen molar-refractivity contribution in [3.63, 3.8) is 0 Å². The van der Waals surface area contributed by atoms with Crippen molar-refractivity contribution in [2.24, 2.45) is 0 Å². The lowest BCUT2D eigenvalue weighted by Crippen LogP contribution is -1.95. The van der Waals surface area contributed by atoms with Crippen molar-refractivity contribution >= 4 is 63.8 Å². The molecule has 16 heavy (non-hydrogen) atoms. The predicted molar refractivity (Wildman–Crippen MR) is 67.5 cm³/mol. The molecule has 1 rings (SSSR count). The number of hydrogen-bond donors (Lipinski definition) is 2. The van der Waals surface area contributed by atoms with Crippen LogP contribution in [0.3, 0.4) is 0 Å². The Kier molecular flexibility index (Phi) is 5.01. The van der Waals surface area contributed by atoms with Gasteiger partial charge in [0.05, 0.1) is 10.0 Å². The van der Waals surface area contributed by atoms with Gasteiger partial charge >= 0.3 is 7.82 Å². The van der Waals surface area contributed by atoms with Crippen LogP contribution in [0.2, 0.25) is 15.1 Å².